The molecule has 1 heteroatoms. The van der Waals surface area contributed by atoms with Crippen molar-refractivity contribution in [1.29, 1.82) is 0 Å². The topological polar surface area (TPSA) is 20.2 Å². The molecule has 1 nitrogen and oxygen atoms in total. The Morgan fingerprint density at radius 1 is 1.25 bits per heavy atom. The first-order valence-electron chi connectivity index (χ1n) is 5.10. The molecule has 2 unspecified atom stereocenters. The average molecular weight is 170 g/mol. The van der Waals surface area contributed by atoms with Crippen LogP contribution in [0.5, 0.6) is 0 Å². The van der Waals surface area contributed by atoms with Gasteiger partial charge < -0.3 is 5.11 Å². The van der Waals surface area contributed by atoms with E-state index in [0.717, 1.165) is 12.8 Å². The van der Waals surface area contributed by atoms with Crippen molar-refractivity contribution < 1.29 is 5.11 Å². The molecule has 1 N–H and O–H groups in total. The number of aliphatic hydroxyl groups is 1. The molecule has 72 valence electrons. The van der Waals surface area contributed by atoms with E-state index >= 15 is 0 Å². The summed E-state index contributed by atoms with van der Waals surface area (Å²) < 4.78 is 0. The molecule has 0 aromatic rings. The molecule has 0 saturated heterocycles. The molecule has 0 spiro atoms. The van der Waals surface area contributed by atoms with Crippen molar-refractivity contribution in [2.45, 2.75) is 59.0 Å². The lowest BCUT2D eigenvalue weighted by Gasteiger charge is -2.38. The molecule has 1 aliphatic carbocycles. The maximum atomic E-state index is 10.2. The predicted molar refractivity (Wildman–Crippen MR) is 52.0 cm³/mol. The molecule has 0 aliphatic heterocycles. The predicted octanol–water partition coefficient (Wildman–Crippen LogP) is 2.97. The third-order valence-electron chi connectivity index (χ3n) is 3.55. The fraction of sp³-hybridized carbons (Fsp3) is 1.00. The molecule has 1 saturated carbocycles. The van der Waals surface area contributed by atoms with Crippen molar-refractivity contribution in [3.8, 4) is 0 Å². The van der Waals surface area contributed by atoms with Gasteiger partial charge in [0.05, 0.1) is 5.60 Å². The largest absolute Gasteiger partial charge is 0.390 e. The van der Waals surface area contributed by atoms with Crippen molar-refractivity contribution in [2.75, 3.05) is 0 Å². The molecular weight excluding hydrogens is 148 g/mol. The highest BCUT2D eigenvalue weighted by molar-refractivity contribution is 4.98. The summed E-state index contributed by atoms with van der Waals surface area (Å²) in [5, 5.41) is 10.2. The normalized spacial score (nSPS) is 42.5. The van der Waals surface area contributed by atoms with Crippen LogP contribution < -0.4 is 0 Å². The van der Waals surface area contributed by atoms with Gasteiger partial charge in [0, 0.05) is 0 Å². The van der Waals surface area contributed by atoms with Crippen LogP contribution >= 0.6 is 0 Å². The Balaban J connectivity index is 2.69. The van der Waals surface area contributed by atoms with Gasteiger partial charge in [-0.15, -0.1) is 0 Å². The van der Waals surface area contributed by atoms with Gasteiger partial charge in [-0.2, -0.15) is 0 Å². The first-order chi connectivity index (χ1) is 5.37. The minimum Gasteiger partial charge on any atom is -0.390 e. The number of hydrogen-bond donors (Lipinski definition) is 1. The monoisotopic (exact) mass is 170 g/mol. The molecular formula is C11H22O. The Kier molecular flexibility index (Phi) is 2.53. The van der Waals surface area contributed by atoms with E-state index in [4.69, 9.17) is 0 Å². The van der Waals surface area contributed by atoms with Gasteiger partial charge in [0.15, 0.2) is 0 Å². The first-order valence-corrected chi connectivity index (χ1v) is 5.10. The van der Waals surface area contributed by atoms with E-state index in [1.807, 2.05) is 6.92 Å². The van der Waals surface area contributed by atoms with Crippen LogP contribution in [0.4, 0.5) is 0 Å². The van der Waals surface area contributed by atoms with Gasteiger partial charge >= 0.3 is 0 Å². The van der Waals surface area contributed by atoms with Crippen LogP contribution in [-0.4, -0.2) is 10.7 Å². The molecule has 0 heterocycles. The number of hydrogen-bond acceptors (Lipinski definition) is 1. The standard InChI is InChI=1S/C11H22O/c1-9(2)8-10(3)6-5-7-11(10,4)12/h9,12H,5-8H2,1-4H3. The summed E-state index contributed by atoms with van der Waals surface area (Å²) in [6.45, 7) is 8.71. The molecule has 0 bridgehead atoms. The van der Waals surface area contributed by atoms with Crippen molar-refractivity contribution >= 4 is 0 Å². The van der Waals surface area contributed by atoms with Crippen LogP contribution in [0.25, 0.3) is 0 Å². The Labute approximate surface area is 76.2 Å². The molecule has 12 heavy (non-hydrogen) atoms. The van der Waals surface area contributed by atoms with Gasteiger partial charge in [-0.1, -0.05) is 20.8 Å². The molecule has 0 aromatic carbocycles. The fourth-order valence-corrected chi connectivity index (χ4v) is 2.62. The molecule has 2 atom stereocenters. The minimum absolute atomic E-state index is 0.168. The summed E-state index contributed by atoms with van der Waals surface area (Å²) in [5.41, 5.74) is -0.252. The van der Waals surface area contributed by atoms with Crippen molar-refractivity contribution in [1.82, 2.24) is 0 Å². The molecule has 0 amide bonds. The second-order valence-electron chi connectivity index (χ2n) is 5.29. The Bertz CT molecular complexity index is 160. The third-order valence-corrected chi connectivity index (χ3v) is 3.55. The van der Waals surface area contributed by atoms with Crippen LogP contribution in [0.1, 0.15) is 53.4 Å². The van der Waals surface area contributed by atoms with Crippen LogP contribution in [-0.2, 0) is 0 Å². The van der Waals surface area contributed by atoms with E-state index in [0.29, 0.717) is 5.92 Å². The van der Waals surface area contributed by atoms with Crippen LogP contribution in [0.3, 0.4) is 0 Å². The van der Waals surface area contributed by atoms with Gasteiger partial charge in [-0.25, -0.2) is 0 Å². The van der Waals surface area contributed by atoms with E-state index in [-0.39, 0.29) is 5.41 Å². The van der Waals surface area contributed by atoms with E-state index in [9.17, 15) is 5.11 Å². The Morgan fingerprint density at radius 3 is 2.17 bits per heavy atom. The SMILES string of the molecule is CC(C)CC1(C)CCCC1(C)O. The molecule has 0 radical (unpaired) electrons. The van der Waals surface area contributed by atoms with Gasteiger partial charge in [-0.05, 0) is 43.9 Å². The number of rotatable bonds is 2. The minimum atomic E-state index is -0.419. The second-order valence-corrected chi connectivity index (χ2v) is 5.29. The molecule has 1 fully saturated rings. The Morgan fingerprint density at radius 2 is 1.83 bits per heavy atom. The summed E-state index contributed by atoms with van der Waals surface area (Å²) >= 11 is 0. The maximum absolute atomic E-state index is 10.2. The third kappa shape index (κ3) is 1.66. The highest BCUT2D eigenvalue weighted by Crippen LogP contribution is 2.49. The lowest BCUT2D eigenvalue weighted by molar-refractivity contribution is -0.0460. The second kappa shape index (κ2) is 3.02. The van der Waals surface area contributed by atoms with Gasteiger partial charge in [0.1, 0.15) is 0 Å². The fourth-order valence-electron chi connectivity index (χ4n) is 2.62. The van der Waals surface area contributed by atoms with E-state index in [1.165, 1.54) is 12.8 Å². The van der Waals surface area contributed by atoms with Gasteiger partial charge in [0.2, 0.25) is 0 Å². The van der Waals surface area contributed by atoms with Crippen LogP contribution in [0.15, 0.2) is 0 Å². The maximum Gasteiger partial charge on any atom is 0.0673 e. The molecule has 0 aromatic heterocycles. The highest BCUT2D eigenvalue weighted by atomic mass is 16.3. The Hall–Kier alpha value is -0.0400. The summed E-state index contributed by atoms with van der Waals surface area (Å²) in [4.78, 5) is 0. The lowest BCUT2D eigenvalue weighted by Crippen LogP contribution is -2.39. The first kappa shape index (κ1) is 10.0. The van der Waals surface area contributed by atoms with E-state index < -0.39 is 5.60 Å². The van der Waals surface area contributed by atoms with Crippen molar-refractivity contribution in [3.05, 3.63) is 0 Å². The van der Waals surface area contributed by atoms with Crippen molar-refractivity contribution in [3.63, 3.8) is 0 Å². The van der Waals surface area contributed by atoms with Gasteiger partial charge in [0.25, 0.3) is 0 Å². The van der Waals surface area contributed by atoms with E-state index in [1.54, 1.807) is 0 Å². The van der Waals surface area contributed by atoms with Crippen molar-refractivity contribution in [2.24, 2.45) is 11.3 Å². The van der Waals surface area contributed by atoms with Gasteiger partial charge in [-0.3, -0.25) is 0 Å². The zero-order valence-corrected chi connectivity index (χ0v) is 8.85. The zero-order chi connectivity index (χ0) is 9.41. The summed E-state index contributed by atoms with van der Waals surface area (Å²) in [5.74, 6) is 0.694. The van der Waals surface area contributed by atoms with E-state index in [2.05, 4.69) is 20.8 Å². The van der Waals surface area contributed by atoms with Crippen LogP contribution in [0.2, 0.25) is 0 Å². The summed E-state index contributed by atoms with van der Waals surface area (Å²) in [6, 6.07) is 0. The molecule has 1 rings (SSSR count). The summed E-state index contributed by atoms with van der Waals surface area (Å²) in [6.07, 6.45) is 4.52. The van der Waals surface area contributed by atoms with Crippen LogP contribution in [0, 0.1) is 11.3 Å². The quantitative estimate of drug-likeness (QED) is 0.675. The smallest absolute Gasteiger partial charge is 0.0673 e. The highest BCUT2D eigenvalue weighted by Gasteiger charge is 2.46. The zero-order valence-electron chi connectivity index (χ0n) is 8.85. The lowest BCUT2D eigenvalue weighted by atomic mass is 9.72. The average Bonchev–Trinajstić information content (AvgIpc) is 2.05. The summed E-state index contributed by atoms with van der Waals surface area (Å²) in [7, 11) is 0. The molecule has 1 aliphatic rings.